The van der Waals surface area contributed by atoms with Crippen LogP contribution in [0.2, 0.25) is 0 Å². The van der Waals surface area contributed by atoms with Gasteiger partial charge < -0.3 is 0 Å². The number of rotatable bonds is 11. The molecule has 0 aromatic heterocycles. The normalized spacial score (nSPS) is 11.6. The van der Waals surface area contributed by atoms with Crippen molar-refractivity contribution >= 4 is 23.3 Å². The van der Waals surface area contributed by atoms with Gasteiger partial charge in [0.1, 0.15) is 0 Å². The largest absolute Gasteiger partial charge is 0.255 e. The first-order chi connectivity index (χ1) is 13.2. The number of hydrogen-bond donors (Lipinski definition) is 0. The Labute approximate surface area is 185 Å². The minimum atomic E-state index is 0. The molecule has 2 nitrogen and oxygen atoms in total. The van der Waals surface area contributed by atoms with E-state index in [0.717, 1.165) is 42.8 Å². The van der Waals surface area contributed by atoms with E-state index in [2.05, 4.69) is 74.3 Å². The standard InChI is InChI=1S/C25H34N2.Pd/c1-4-7-8-11-25(27-24-18-14-22(10-6-3)15-19-24)20-26-23-16-12-21(9-5-2)13-17-23;/h12-20H,4-11H2,1-3H3;/b26-20+,27-25+;. The van der Waals surface area contributed by atoms with Gasteiger partial charge in [0.15, 0.2) is 0 Å². The van der Waals surface area contributed by atoms with E-state index in [1.165, 1.54) is 36.8 Å². The molecule has 0 bridgehead atoms. The minimum Gasteiger partial charge on any atom is -0.255 e. The summed E-state index contributed by atoms with van der Waals surface area (Å²) in [6.45, 7) is 6.65. The van der Waals surface area contributed by atoms with Crippen LogP contribution in [0.25, 0.3) is 0 Å². The Kier molecular flexibility index (Phi) is 12.6. The van der Waals surface area contributed by atoms with Gasteiger partial charge in [0.25, 0.3) is 0 Å². The molecule has 0 radical (unpaired) electrons. The fraction of sp³-hybridized carbons (Fsp3) is 0.440. The molecule has 2 aromatic rings. The monoisotopic (exact) mass is 468 g/mol. The molecule has 0 aliphatic rings. The van der Waals surface area contributed by atoms with Gasteiger partial charge in [0.2, 0.25) is 0 Å². The van der Waals surface area contributed by atoms with Crippen molar-refractivity contribution in [3.05, 3.63) is 59.7 Å². The van der Waals surface area contributed by atoms with E-state index in [-0.39, 0.29) is 20.4 Å². The van der Waals surface area contributed by atoms with Crippen LogP contribution in [0, 0.1) is 0 Å². The van der Waals surface area contributed by atoms with Gasteiger partial charge in [-0.1, -0.05) is 70.7 Å². The number of nitrogens with zero attached hydrogens (tertiary/aromatic N) is 2. The Morgan fingerprint density at radius 2 is 1.25 bits per heavy atom. The first kappa shape index (κ1) is 24.5. The van der Waals surface area contributed by atoms with Gasteiger partial charge >= 0.3 is 0 Å². The second-order valence-electron chi connectivity index (χ2n) is 7.15. The summed E-state index contributed by atoms with van der Waals surface area (Å²) in [5.74, 6) is 0. The number of aryl methyl sites for hydroxylation is 2. The molecule has 0 spiro atoms. The van der Waals surface area contributed by atoms with Gasteiger partial charge in [-0.3, -0.25) is 9.98 Å². The first-order valence-corrected chi connectivity index (χ1v) is 10.5. The fourth-order valence-electron chi connectivity index (χ4n) is 3.08. The zero-order valence-corrected chi connectivity index (χ0v) is 19.1. The average molecular weight is 469 g/mol. The molecule has 2 aromatic carbocycles. The summed E-state index contributed by atoms with van der Waals surface area (Å²) >= 11 is 0. The van der Waals surface area contributed by atoms with E-state index in [1.807, 2.05) is 6.21 Å². The van der Waals surface area contributed by atoms with Crippen LogP contribution in [0.4, 0.5) is 11.4 Å². The summed E-state index contributed by atoms with van der Waals surface area (Å²) in [5.41, 5.74) is 5.83. The summed E-state index contributed by atoms with van der Waals surface area (Å²) in [6.07, 6.45) is 11.1. The topological polar surface area (TPSA) is 24.7 Å². The van der Waals surface area contributed by atoms with E-state index in [1.54, 1.807) is 0 Å². The molecule has 28 heavy (non-hydrogen) atoms. The summed E-state index contributed by atoms with van der Waals surface area (Å²) in [4.78, 5) is 9.53. The second-order valence-corrected chi connectivity index (χ2v) is 7.15. The predicted octanol–water partition coefficient (Wildman–Crippen LogP) is 7.64. The van der Waals surface area contributed by atoms with Crippen molar-refractivity contribution in [2.45, 2.75) is 72.1 Å². The summed E-state index contributed by atoms with van der Waals surface area (Å²) in [6, 6.07) is 17.2. The predicted molar refractivity (Wildman–Crippen MR) is 120 cm³/mol. The molecule has 0 atom stereocenters. The van der Waals surface area contributed by atoms with E-state index < -0.39 is 0 Å². The maximum absolute atomic E-state index is 4.86. The minimum absolute atomic E-state index is 0. The quantitative estimate of drug-likeness (QED) is 0.184. The second kappa shape index (κ2) is 14.4. The summed E-state index contributed by atoms with van der Waals surface area (Å²) in [7, 11) is 0. The van der Waals surface area contributed by atoms with Gasteiger partial charge in [-0.25, -0.2) is 0 Å². The van der Waals surface area contributed by atoms with Crippen molar-refractivity contribution in [1.82, 2.24) is 0 Å². The molecule has 0 heterocycles. The van der Waals surface area contributed by atoms with Crippen molar-refractivity contribution in [3.8, 4) is 0 Å². The van der Waals surface area contributed by atoms with E-state index in [4.69, 9.17) is 4.99 Å². The molecule has 0 saturated heterocycles. The molecule has 0 fully saturated rings. The zero-order valence-electron chi connectivity index (χ0n) is 17.6. The van der Waals surface area contributed by atoms with Gasteiger partial charge in [0, 0.05) is 26.6 Å². The van der Waals surface area contributed by atoms with Gasteiger partial charge in [0.05, 0.1) is 17.1 Å². The Balaban J connectivity index is 0.00000392. The third-order valence-corrected chi connectivity index (χ3v) is 4.62. The van der Waals surface area contributed by atoms with Crippen LogP contribution in [0.1, 0.15) is 70.4 Å². The van der Waals surface area contributed by atoms with Crippen molar-refractivity contribution < 1.29 is 20.4 Å². The number of aliphatic imine (C=N–C) groups is 2. The Bertz CT molecular complexity index is 715. The first-order valence-electron chi connectivity index (χ1n) is 10.5. The molecular weight excluding hydrogens is 435 g/mol. The molecule has 3 heteroatoms. The molecule has 2 rings (SSSR count). The van der Waals surface area contributed by atoms with Crippen LogP contribution >= 0.6 is 0 Å². The maximum atomic E-state index is 4.86. The molecule has 0 aliphatic carbocycles. The molecule has 0 saturated carbocycles. The van der Waals surface area contributed by atoms with Crippen molar-refractivity contribution in [3.63, 3.8) is 0 Å². The molecular formula is C25H34N2Pd. The van der Waals surface area contributed by atoms with Crippen LogP contribution in [-0.2, 0) is 33.3 Å². The molecule has 0 aliphatic heterocycles. The molecule has 0 unspecified atom stereocenters. The number of hydrogen-bond acceptors (Lipinski definition) is 2. The Hall–Kier alpha value is -1.56. The van der Waals surface area contributed by atoms with Crippen molar-refractivity contribution in [1.29, 1.82) is 0 Å². The third kappa shape index (κ3) is 9.09. The van der Waals surface area contributed by atoms with E-state index in [9.17, 15) is 0 Å². The van der Waals surface area contributed by atoms with Crippen LogP contribution in [0.5, 0.6) is 0 Å². The molecule has 0 N–H and O–H groups in total. The molecule has 154 valence electrons. The smallest absolute Gasteiger partial charge is 0.0633 e. The van der Waals surface area contributed by atoms with Crippen LogP contribution in [-0.4, -0.2) is 11.9 Å². The average Bonchev–Trinajstić information content (AvgIpc) is 2.69. The van der Waals surface area contributed by atoms with Gasteiger partial charge in [-0.2, -0.15) is 0 Å². The van der Waals surface area contributed by atoms with Crippen LogP contribution in [0.15, 0.2) is 58.5 Å². The molecule has 0 amide bonds. The van der Waals surface area contributed by atoms with Gasteiger partial charge in [-0.15, -0.1) is 0 Å². The van der Waals surface area contributed by atoms with Crippen molar-refractivity contribution in [2.75, 3.05) is 0 Å². The van der Waals surface area contributed by atoms with E-state index >= 15 is 0 Å². The zero-order chi connectivity index (χ0) is 19.3. The van der Waals surface area contributed by atoms with Crippen molar-refractivity contribution in [2.24, 2.45) is 9.98 Å². The maximum Gasteiger partial charge on any atom is 0.0633 e. The number of unbranched alkanes of at least 4 members (excludes halogenated alkanes) is 2. The van der Waals surface area contributed by atoms with Crippen LogP contribution < -0.4 is 0 Å². The van der Waals surface area contributed by atoms with Gasteiger partial charge in [-0.05, 0) is 61.1 Å². The Morgan fingerprint density at radius 3 is 1.75 bits per heavy atom. The summed E-state index contributed by atoms with van der Waals surface area (Å²) in [5, 5.41) is 0. The van der Waals surface area contributed by atoms with Crippen LogP contribution in [0.3, 0.4) is 0 Å². The Morgan fingerprint density at radius 1 is 0.714 bits per heavy atom. The van der Waals surface area contributed by atoms with E-state index in [0.29, 0.717) is 0 Å². The third-order valence-electron chi connectivity index (χ3n) is 4.62. The fourth-order valence-corrected chi connectivity index (χ4v) is 3.08. The SMILES string of the molecule is CCCCCC(/C=N/c1ccc(CCC)cc1)=N\c1ccc(CCC)cc1.[Pd]. The summed E-state index contributed by atoms with van der Waals surface area (Å²) < 4.78 is 0. The number of benzene rings is 2.